The van der Waals surface area contributed by atoms with E-state index in [1.54, 1.807) is 0 Å². The van der Waals surface area contributed by atoms with Gasteiger partial charge in [-0.05, 0) is 38.1 Å². The van der Waals surface area contributed by atoms with Crippen LogP contribution in [-0.4, -0.2) is 16.6 Å². The minimum Gasteiger partial charge on any atom is -0.492 e. The van der Waals surface area contributed by atoms with Gasteiger partial charge in [-0.15, -0.1) is 0 Å². The highest BCUT2D eigenvalue weighted by atomic mass is 16.5. The maximum absolute atomic E-state index is 6.24. The summed E-state index contributed by atoms with van der Waals surface area (Å²) in [5, 5.41) is 6.44. The van der Waals surface area contributed by atoms with Gasteiger partial charge in [0.2, 0.25) is 0 Å². The maximum Gasteiger partial charge on any atom is 0.159 e. The molecule has 0 fully saturated rings. The molecule has 2 aromatic carbocycles. The number of rotatable bonds is 6. The molecule has 0 aliphatic rings. The molecule has 3 aromatic rings. The highest BCUT2D eigenvalue weighted by molar-refractivity contribution is 5.81. The number of hydrogen-bond donors (Lipinski definition) is 3. The van der Waals surface area contributed by atoms with E-state index in [0.29, 0.717) is 23.9 Å². The third kappa shape index (κ3) is 3.98. The Balaban J connectivity index is 1.85. The van der Waals surface area contributed by atoms with Crippen molar-refractivity contribution in [1.82, 2.24) is 9.97 Å². The van der Waals surface area contributed by atoms with Gasteiger partial charge in [0, 0.05) is 5.69 Å². The highest BCUT2D eigenvalue weighted by Crippen LogP contribution is 2.32. The standard InChI is InChI=1S/C19H21N5O/c1-3-25-16-7-5-4-6-15(16)24-19-17(20)18(21-12-22-19)23-14-10-8-13(2)9-11-14/h4-12H,3,20H2,1-2H3,(H2,21,22,23,24). The van der Waals surface area contributed by atoms with Gasteiger partial charge >= 0.3 is 0 Å². The van der Waals surface area contributed by atoms with Crippen molar-refractivity contribution in [3.63, 3.8) is 0 Å². The predicted molar refractivity (Wildman–Crippen MR) is 102 cm³/mol. The molecular weight excluding hydrogens is 314 g/mol. The molecule has 0 aliphatic carbocycles. The van der Waals surface area contributed by atoms with Crippen molar-refractivity contribution in [2.45, 2.75) is 13.8 Å². The van der Waals surface area contributed by atoms with Crippen molar-refractivity contribution in [2.24, 2.45) is 0 Å². The molecule has 0 bridgehead atoms. The van der Waals surface area contributed by atoms with Gasteiger partial charge in [0.25, 0.3) is 0 Å². The summed E-state index contributed by atoms with van der Waals surface area (Å²) >= 11 is 0. The molecule has 0 atom stereocenters. The molecule has 0 unspecified atom stereocenters. The van der Waals surface area contributed by atoms with E-state index in [-0.39, 0.29) is 0 Å². The van der Waals surface area contributed by atoms with E-state index >= 15 is 0 Å². The Morgan fingerprint density at radius 1 is 0.960 bits per heavy atom. The minimum absolute atomic E-state index is 0.439. The van der Waals surface area contributed by atoms with Crippen LogP contribution in [0, 0.1) is 6.92 Å². The lowest BCUT2D eigenvalue weighted by Gasteiger charge is -2.15. The number of nitrogens with two attached hydrogens (primary N) is 1. The molecule has 1 aromatic heterocycles. The molecule has 0 amide bonds. The minimum atomic E-state index is 0.439. The average molecular weight is 335 g/mol. The Labute approximate surface area is 147 Å². The van der Waals surface area contributed by atoms with Gasteiger partial charge in [-0.3, -0.25) is 0 Å². The second-order valence-electron chi connectivity index (χ2n) is 5.53. The number of nitrogens with one attached hydrogen (secondary N) is 2. The molecule has 4 N–H and O–H groups in total. The average Bonchev–Trinajstić information content (AvgIpc) is 2.62. The fraction of sp³-hybridized carbons (Fsp3) is 0.158. The summed E-state index contributed by atoms with van der Waals surface area (Å²) in [4.78, 5) is 8.49. The molecule has 128 valence electrons. The number of benzene rings is 2. The van der Waals surface area contributed by atoms with E-state index in [2.05, 4.69) is 20.6 Å². The van der Waals surface area contributed by atoms with Crippen molar-refractivity contribution < 1.29 is 4.74 Å². The molecule has 0 aliphatic heterocycles. The highest BCUT2D eigenvalue weighted by Gasteiger charge is 2.11. The summed E-state index contributed by atoms with van der Waals surface area (Å²) in [6, 6.07) is 15.7. The quantitative estimate of drug-likeness (QED) is 0.624. The van der Waals surface area contributed by atoms with Crippen LogP contribution in [0.3, 0.4) is 0 Å². The van der Waals surface area contributed by atoms with Crippen LogP contribution in [0.2, 0.25) is 0 Å². The number of nitrogen functional groups attached to an aromatic ring is 1. The Bertz CT molecular complexity index is 849. The molecule has 0 saturated carbocycles. The Morgan fingerprint density at radius 2 is 1.64 bits per heavy atom. The normalized spacial score (nSPS) is 10.3. The SMILES string of the molecule is CCOc1ccccc1Nc1ncnc(Nc2ccc(C)cc2)c1N. The zero-order valence-corrected chi connectivity index (χ0v) is 14.3. The second-order valence-corrected chi connectivity index (χ2v) is 5.53. The number of ether oxygens (including phenoxy) is 1. The van der Waals surface area contributed by atoms with Crippen molar-refractivity contribution >= 4 is 28.7 Å². The first-order valence-corrected chi connectivity index (χ1v) is 8.10. The summed E-state index contributed by atoms with van der Waals surface area (Å²) < 4.78 is 5.62. The monoisotopic (exact) mass is 335 g/mol. The molecule has 0 saturated heterocycles. The van der Waals surface area contributed by atoms with Crippen LogP contribution in [0.5, 0.6) is 5.75 Å². The van der Waals surface area contributed by atoms with Gasteiger partial charge in [-0.2, -0.15) is 0 Å². The summed E-state index contributed by atoms with van der Waals surface area (Å²) in [5.74, 6) is 1.82. The number of aromatic nitrogens is 2. The molecule has 0 radical (unpaired) electrons. The molecule has 3 rings (SSSR count). The first kappa shape index (κ1) is 16.6. The van der Waals surface area contributed by atoms with Crippen LogP contribution >= 0.6 is 0 Å². The van der Waals surface area contributed by atoms with Gasteiger partial charge in [0.05, 0.1) is 12.3 Å². The molecule has 6 heteroatoms. The molecule has 1 heterocycles. The Hall–Kier alpha value is -3.28. The van der Waals surface area contributed by atoms with Crippen LogP contribution in [0.1, 0.15) is 12.5 Å². The topological polar surface area (TPSA) is 85.1 Å². The lowest BCUT2D eigenvalue weighted by molar-refractivity contribution is 0.342. The molecular formula is C19H21N5O. The molecule has 0 spiro atoms. The number of para-hydroxylation sites is 2. The van der Waals surface area contributed by atoms with Crippen molar-refractivity contribution in [3.8, 4) is 5.75 Å². The molecule has 25 heavy (non-hydrogen) atoms. The summed E-state index contributed by atoms with van der Waals surface area (Å²) in [6.45, 7) is 4.57. The van der Waals surface area contributed by atoms with Gasteiger partial charge in [0.15, 0.2) is 11.6 Å². The maximum atomic E-state index is 6.24. The third-order valence-corrected chi connectivity index (χ3v) is 3.64. The number of nitrogens with zero attached hydrogens (tertiary/aromatic N) is 2. The summed E-state index contributed by atoms with van der Waals surface area (Å²) in [5.41, 5.74) is 9.59. The summed E-state index contributed by atoms with van der Waals surface area (Å²) in [6.07, 6.45) is 1.47. The van der Waals surface area contributed by atoms with Gasteiger partial charge in [-0.1, -0.05) is 29.8 Å². The third-order valence-electron chi connectivity index (χ3n) is 3.64. The first-order valence-electron chi connectivity index (χ1n) is 8.10. The van der Waals surface area contributed by atoms with Crippen molar-refractivity contribution in [3.05, 3.63) is 60.4 Å². The number of anilines is 5. The largest absolute Gasteiger partial charge is 0.492 e. The summed E-state index contributed by atoms with van der Waals surface area (Å²) in [7, 11) is 0. The lowest BCUT2D eigenvalue weighted by atomic mass is 10.2. The fourth-order valence-corrected chi connectivity index (χ4v) is 2.35. The second kappa shape index (κ2) is 7.53. The fourth-order valence-electron chi connectivity index (χ4n) is 2.35. The number of aryl methyl sites for hydroxylation is 1. The van der Waals surface area contributed by atoms with Gasteiger partial charge in [-0.25, -0.2) is 9.97 Å². The van der Waals surface area contributed by atoms with Crippen LogP contribution in [0.4, 0.5) is 28.7 Å². The molecule has 6 nitrogen and oxygen atoms in total. The van der Waals surface area contributed by atoms with Crippen LogP contribution in [0.25, 0.3) is 0 Å². The lowest BCUT2D eigenvalue weighted by Crippen LogP contribution is -2.06. The van der Waals surface area contributed by atoms with Crippen molar-refractivity contribution in [1.29, 1.82) is 0 Å². The van der Waals surface area contributed by atoms with E-state index in [1.165, 1.54) is 11.9 Å². The van der Waals surface area contributed by atoms with E-state index in [4.69, 9.17) is 10.5 Å². The van der Waals surface area contributed by atoms with Crippen molar-refractivity contribution in [2.75, 3.05) is 23.0 Å². The predicted octanol–water partition coefficient (Wildman–Crippen LogP) is 4.25. The smallest absolute Gasteiger partial charge is 0.159 e. The van der Waals surface area contributed by atoms with Crippen LogP contribution in [0.15, 0.2) is 54.9 Å². The Morgan fingerprint density at radius 3 is 2.36 bits per heavy atom. The van der Waals surface area contributed by atoms with E-state index in [1.807, 2.05) is 62.4 Å². The van der Waals surface area contributed by atoms with Gasteiger partial charge in [0.1, 0.15) is 17.8 Å². The van der Waals surface area contributed by atoms with Crippen LogP contribution < -0.4 is 21.1 Å². The van der Waals surface area contributed by atoms with Crippen LogP contribution in [-0.2, 0) is 0 Å². The van der Waals surface area contributed by atoms with Gasteiger partial charge < -0.3 is 21.1 Å². The Kier molecular flexibility index (Phi) is 4.99. The zero-order chi connectivity index (χ0) is 17.6. The van der Waals surface area contributed by atoms with E-state index in [9.17, 15) is 0 Å². The number of hydrogen-bond acceptors (Lipinski definition) is 6. The zero-order valence-electron chi connectivity index (χ0n) is 14.3. The first-order chi connectivity index (χ1) is 12.2. The van der Waals surface area contributed by atoms with E-state index in [0.717, 1.165) is 17.1 Å². The van der Waals surface area contributed by atoms with E-state index < -0.39 is 0 Å².